The molecule has 2 rings (SSSR count). The zero-order valence-electron chi connectivity index (χ0n) is 9.12. The minimum absolute atomic E-state index is 0.591. The van der Waals surface area contributed by atoms with Crippen molar-refractivity contribution in [2.45, 2.75) is 32.5 Å². The molecule has 0 amide bonds. The Kier molecular flexibility index (Phi) is 3.31. The average Bonchev–Trinajstić information content (AvgIpc) is 2.25. The van der Waals surface area contributed by atoms with Crippen molar-refractivity contribution < 1.29 is 4.39 Å². The van der Waals surface area contributed by atoms with Crippen LogP contribution in [0.25, 0.3) is 0 Å². The molecular formula is C12H17FN2. The van der Waals surface area contributed by atoms with Crippen LogP contribution in [-0.2, 0) is 6.54 Å². The van der Waals surface area contributed by atoms with E-state index in [2.05, 4.69) is 22.0 Å². The van der Waals surface area contributed by atoms with Crippen LogP contribution in [0.5, 0.6) is 0 Å². The Bertz CT molecular complexity index is 302. The van der Waals surface area contributed by atoms with Gasteiger partial charge in [-0.25, -0.2) is 4.39 Å². The van der Waals surface area contributed by atoms with Gasteiger partial charge in [0.25, 0.3) is 0 Å². The highest BCUT2D eigenvalue weighted by Crippen LogP contribution is 2.15. The van der Waals surface area contributed by atoms with Crippen molar-refractivity contribution >= 4 is 0 Å². The number of alkyl halides is 1. The van der Waals surface area contributed by atoms with Gasteiger partial charge < -0.3 is 0 Å². The second kappa shape index (κ2) is 4.71. The number of rotatable bonds is 2. The average molecular weight is 208 g/mol. The minimum Gasteiger partial charge on any atom is -0.297 e. The zero-order valence-corrected chi connectivity index (χ0v) is 9.12. The van der Waals surface area contributed by atoms with Crippen LogP contribution in [0, 0.1) is 6.92 Å². The second-order valence-corrected chi connectivity index (χ2v) is 4.28. The number of hydrogen-bond donors (Lipinski definition) is 0. The fourth-order valence-electron chi connectivity index (χ4n) is 1.88. The molecular weight excluding hydrogens is 191 g/mol. The molecule has 82 valence electrons. The third kappa shape index (κ3) is 2.99. The summed E-state index contributed by atoms with van der Waals surface area (Å²) in [6, 6.07) is 4.13. The predicted molar refractivity (Wildman–Crippen MR) is 58.4 cm³/mol. The van der Waals surface area contributed by atoms with E-state index in [9.17, 15) is 4.39 Å². The molecule has 1 saturated heterocycles. The van der Waals surface area contributed by atoms with Crippen molar-refractivity contribution in [2.75, 3.05) is 13.1 Å². The van der Waals surface area contributed by atoms with Crippen LogP contribution >= 0.6 is 0 Å². The summed E-state index contributed by atoms with van der Waals surface area (Å²) >= 11 is 0. The van der Waals surface area contributed by atoms with Crippen molar-refractivity contribution in [3.8, 4) is 0 Å². The molecule has 0 spiro atoms. The Labute approximate surface area is 90.1 Å². The van der Waals surface area contributed by atoms with Crippen molar-refractivity contribution in [3.05, 3.63) is 29.6 Å². The van der Waals surface area contributed by atoms with Crippen molar-refractivity contribution in [2.24, 2.45) is 0 Å². The zero-order chi connectivity index (χ0) is 10.7. The third-order valence-corrected chi connectivity index (χ3v) is 2.88. The number of hydrogen-bond acceptors (Lipinski definition) is 2. The van der Waals surface area contributed by atoms with Gasteiger partial charge in [0, 0.05) is 25.8 Å². The molecule has 1 aromatic rings. The van der Waals surface area contributed by atoms with E-state index in [1.807, 2.05) is 13.1 Å². The number of piperidine rings is 1. The van der Waals surface area contributed by atoms with Gasteiger partial charge in [-0.2, -0.15) is 0 Å². The molecule has 1 aromatic heterocycles. The van der Waals surface area contributed by atoms with Gasteiger partial charge in [0.15, 0.2) is 0 Å². The lowest BCUT2D eigenvalue weighted by Crippen LogP contribution is -2.34. The molecule has 0 aromatic carbocycles. The van der Waals surface area contributed by atoms with E-state index in [0.717, 1.165) is 25.3 Å². The lowest BCUT2D eigenvalue weighted by molar-refractivity contribution is 0.144. The monoisotopic (exact) mass is 208 g/mol. The first kappa shape index (κ1) is 10.6. The second-order valence-electron chi connectivity index (χ2n) is 4.28. The number of aryl methyl sites for hydroxylation is 1. The van der Waals surface area contributed by atoms with Crippen LogP contribution in [-0.4, -0.2) is 29.1 Å². The maximum atomic E-state index is 12.9. The molecule has 15 heavy (non-hydrogen) atoms. The lowest BCUT2D eigenvalue weighted by atomic mass is 10.1. The number of nitrogens with zero attached hydrogens (tertiary/aromatic N) is 2. The topological polar surface area (TPSA) is 16.1 Å². The Morgan fingerprint density at radius 2 is 2.13 bits per heavy atom. The van der Waals surface area contributed by atoms with E-state index in [1.54, 1.807) is 0 Å². The van der Waals surface area contributed by atoms with E-state index in [0.29, 0.717) is 12.8 Å². The minimum atomic E-state index is -0.591. The molecule has 1 aliphatic rings. The smallest absolute Gasteiger partial charge is 0.103 e. The van der Waals surface area contributed by atoms with Gasteiger partial charge in [-0.15, -0.1) is 0 Å². The van der Waals surface area contributed by atoms with Crippen LogP contribution in [0.4, 0.5) is 4.39 Å². The molecule has 0 radical (unpaired) electrons. The molecule has 1 fully saturated rings. The largest absolute Gasteiger partial charge is 0.297 e. The molecule has 0 N–H and O–H groups in total. The van der Waals surface area contributed by atoms with Crippen molar-refractivity contribution in [1.29, 1.82) is 0 Å². The number of pyridine rings is 1. The lowest BCUT2D eigenvalue weighted by Gasteiger charge is -2.28. The molecule has 0 saturated carbocycles. The van der Waals surface area contributed by atoms with E-state index in [1.165, 1.54) is 5.56 Å². The first-order valence-electron chi connectivity index (χ1n) is 5.52. The van der Waals surface area contributed by atoms with Crippen molar-refractivity contribution in [3.63, 3.8) is 0 Å². The number of halogens is 1. The normalized spacial score (nSPS) is 19.3. The van der Waals surface area contributed by atoms with E-state index >= 15 is 0 Å². The van der Waals surface area contributed by atoms with Crippen LogP contribution in [0.15, 0.2) is 18.3 Å². The highest BCUT2D eigenvalue weighted by Gasteiger charge is 2.18. The molecule has 0 aliphatic carbocycles. The van der Waals surface area contributed by atoms with Gasteiger partial charge in [-0.3, -0.25) is 9.88 Å². The van der Waals surface area contributed by atoms with Crippen LogP contribution in [0.2, 0.25) is 0 Å². The maximum absolute atomic E-state index is 12.9. The quantitative estimate of drug-likeness (QED) is 0.741. The molecule has 0 bridgehead atoms. The molecule has 0 unspecified atom stereocenters. The van der Waals surface area contributed by atoms with Crippen LogP contribution in [0.1, 0.15) is 24.1 Å². The first-order chi connectivity index (χ1) is 7.24. The Morgan fingerprint density at radius 3 is 2.73 bits per heavy atom. The summed E-state index contributed by atoms with van der Waals surface area (Å²) in [6.07, 6.45) is 2.64. The maximum Gasteiger partial charge on any atom is 0.103 e. The summed E-state index contributed by atoms with van der Waals surface area (Å²) in [5.41, 5.74) is 2.26. The Morgan fingerprint density at radius 1 is 1.40 bits per heavy atom. The summed E-state index contributed by atoms with van der Waals surface area (Å²) in [6.45, 7) is 4.60. The van der Waals surface area contributed by atoms with Gasteiger partial charge in [-0.05, 0) is 31.4 Å². The molecule has 2 nitrogen and oxygen atoms in total. The van der Waals surface area contributed by atoms with E-state index in [-0.39, 0.29) is 0 Å². The molecule has 1 aliphatic heterocycles. The first-order valence-corrected chi connectivity index (χ1v) is 5.52. The fraction of sp³-hybridized carbons (Fsp3) is 0.583. The van der Waals surface area contributed by atoms with Gasteiger partial charge in [0.05, 0.1) is 5.69 Å². The van der Waals surface area contributed by atoms with Crippen molar-refractivity contribution in [1.82, 2.24) is 9.88 Å². The molecule has 0 atom stereocenters. The van der Waals surface area contributed by atoms with Crippen LogP contribution in [0.3, 0.4) is 0 Å². The third-order valence-electron chi connectivity index (χ3n) is 2.88. The standard InChI is InChI=1S/C12H17FN2/c1-10-2-3-12(14-8-10)9-15-6-4-11(13)5-7-15/h2-3,8,11H,4-7,9H2,1H3. The van der Waals surface area contributed by atoms with E-state index in [4.69, 9.17) is 0 Å². The van der Waals surface area contributed by atoms with Gasteiger partial charge in [0.1, 0.15) is 6.17 Å². The molecule has 3 heteroatoms. The summed E-state index contributed by atoms with van der Waals surface area (Å²) in [4.78, 5) is 6.63. The molecule has 2 heterocycles. The summed E-state index contributed by atoms with van der Waals surface area (Å²) in [7, 11) is 0. The van der Waals surface area contributed by atoms with Crippen LogP contribution < -0.4 is 0 Å². The summed E-state index contributed by atoms with van der Waals surface area (Å²) in [5.74, 6) is 0. The highest BCUT2D eigenvalue weighted by molar-refractivity contribution is 5.12. The summed E-state index contributed by atoms with van der Waals surface area (Å²) in [5, 5.41) is 0. The SMILES string of the molecule is Cc1ccc(CN2CCC(F)CC2)nc1. The van der Waals surface area contributed by atoms with Gasteiger partial charge in [0.2, 0.25) is 0 Å². The summed E-state index contributed by atoms with van der Waals surface area (Å²) < 4.78 is 12.9. The predicted octanol–water partition coefficient (Wildman–Crippen LogP) is 2.32. The number of likely N-dealkylation sites (tertiary alicyclic amines) is 1. The van der Waals surface area contributed by atoms with Gasteiger partial charge in [-0.1, -0.05) is 6.07 Å². The van der Waals surface area contributed by atoms with Gasteiger partial charge >= 0.3 is 0 Å². The Balaban J connectivity index is 1.89. The Hall–Kier alpha value is -0.960. The highest BCUT2D eigenvalue weighted by atomic mass is 19.1. The van der Waals surface area contributed by atoms with E-state index < -0.39 is 6.17 Å². The number of aromatic nitrogens is 1. The fourth-order valence-corrected chi connectivity index (χ4v) is 1.88.